The van der Waals surface area contributed by atoms with Crippen LogP contribution in [0.2, 0.25) is 0 Å². The van der Waals surface area contributed by atoms with Crippen molar-refractivity contribution in [3.05, 3.63) is 21.4 Å². The van der Waals surface area contributed by atoms with Gasteiger partial charge in [-0.3, -0.25) is 0 Å². The first-order chi connectivity index (χ1) is 7.93. The van der Waals surface area contributed by atoms with E-state index < -0.39 is 5.97 Å². The Morgan fingerprint density at radius 1 is 1.59 bits per heavy atom. The van der Waals surface area contributed by atoms with Gasteiger partial charge in [-0.05, 0) is 31.5 Å². The van der Waals surface area contributed by atoms with Crippen LogP contribution >= 0.6 is 11.3 Å². The molecule has 1 aromatic rings. The number of hydrogen-bond acceptors (Lipinski definition) is 3. The summed E-state index contributed by atoms with van der Waals surface area (Å²) >= 11 is 1.36. The third kappa shape index (κ3) is 4.13. The van der Waals surface area contributed by atoms with Crippen molar-refractivity contribution in [2.24, 2.45) is 5.92 Å². The van der Waals surface area contributed by atoms with Crippen LogP contribution in [0.1, 0.15) is 40.4 Å². The maximum atomic E-state index is 10.9. The van der Waals surface area contributed by atoms with Gasteiger partial charge >= 0.3 is 5.97 Å². The van der Waals surface area contributed by atoms with Gasteiger partial charge in [-0.2, -0.15) is 0 Å². The lowest BCUT2D eigenvalue weighted by atomic mass is 10.1. The van der Waals surface area contributed by atoms with Crippen molar-refractivity contribution in [2.75, 3.05) is 13.6 Å². The molecule has 0 saturated heterocycles. The number of carboxylic acid groups (broad SMARTS) is 1. The minimum atomic E-state index is -0.825. The first-order valence-corrected chi connectivity index (χ1v) is 6.76. The number of aromatic carboxylic acids is 1. The largest absolute Gasteiger partial charge is 0.477 e. The molecule has 1 atom stereocenters. The van der Waals surface area contributed by atoms with Crippen LogP contribution in [0.3, 0.4) is 0 Å². The van der Waals surface area contributed by atoms with Crippen LogP contribution in [-0.2, 0) is 6.54 Å². The van der Waals surface area contributed by atoms with Crippen LogP contribution in [0, 0.1) is 12.8 Å². The van der Waals surface area contributed by atoms with Crippen LogP contribution in [0.5, 0.6) is 0 Å². The Morgan fingerprint density at radius 2 is 2.24 bits per heavy atom. The van der Waals surface area contributed by atoms with Gasteiger partial charge in [-0.25, -0.2) is 4.79 Å². The summed E-state index contributed by atoms with van der Waals surface area (Å²) in [5, 5.41) is 8.94. The van der Waals surface area contributed by atoms with E-state index in [0.717, 1.165) is 23.5 Å². The van der Waals surface area contributed by atoms with Gasteiger partial charge in [0.05, 0.1) is 0 Å². The molecule has 1 aromatic heterocycles. The molecule has 0 aliphatic carbocycles. The number of aryl methyl sites for hydroxylation is 1. The minimum Gasteiger partial charge on any atom is -0.477 e. The van der Waals surface area contributed by atoms with Crippen molar-refractivity contribution in [3.8, 4) is 0 Å². The molecular formula is C13H21NO2S. The molecule has 1 heterocycles. The van der Waals surface area contributed by atoms with Crippen molar-refractivity contribution in [3.63, 3.8) is 0 Å². The number of hydrogen-bond donors (Lipinski definition) is 1. The van der Waals surface area contributed by atoms with Crippen LogP contribution in [0.25, 0.3) is 0 Å². The SMILES string of the molecule is CCC(C)CN(C)Cc1cc(C(=O)O)sc1C. The third-order valence-electron chi connectivity index (χ3n) is 2.99. The van der Waals surface area contributed by atoms with Gasteiger partial charge in [0.15, 0.2) is 0 Å². The van der Waals surface area contributed by atoms with E-state index in [4.69, 9.17) is 5.11 Å². The van der Waals surface area contributed by atoms with E-state index in [0.29, 0.717) is 10.8 Å². The molecule has 0 aliphatic heterocycles. The number of rotatable bonds is 6. The van der Waals surface area contributed by atoms with Crippen molar-refractivity contribution in [2.45, 2.75) is 33.7 Å². The average molecular weight is 255 g/mol. The van der Waals surface area contributed by atoms with Gasteiger partial charge < -0.3 is 10.0 Å². The van der Waals surface area contributed by atoms with Crippen LogP contribution in [-0.4, -0.2) is 29.6 Å². The molecule has 1 N–H and O–H groups in total. The molecule has 0 amide bonds. The fraction of sp³-hybridized carbons (Fsp3) is 0.615. The van der Waals surface area contributed by atoms with Gasteiger partial charge in [-0.15, -0.1) is 11.3 Å². The zero-order valence-corrected chi connectivity index (χ0v) is 11.8. The van der Waals surface area contributed by atoms with E-state index in [1.807, 2.05) is 6.92 Å². The molecule has 1 rings (SSSR count). The lowest BCUT2D eigenvalue weighted by Crippen LogP contribution is -2.23. The van der Waals surface area contributed by atoms with Crippen molar-refractivity contribution in [1.82, 2.24) is 4.90 Å². The van der Waals surface area contributed by atoms with Gasteiger partial charge in [0, 0.05) is 18.0 Å². The van der Waals surface area contributed by atoms with E-state index in [2.05, 4.69) is 25.8 Å². The summed E-state index contributed by atoms with van der Waals surface area (Å²) in [5.74, 6) is -0.146. The van der Waals surface area contributed by atoms with E-state index in [1.54, 1.807) is 6.07 Å². The summed E-state index contributed by atoms with van der Waals surface area (Å²) in [6.45, 7) is 8.30. The van der Waals surface area contributed by atoms with Crippen LogP contribution in [0.4, 0.5) is 0 Å². The Balaban J connectivity index is 2.65. The van der Waals surface area contributed by atoms with E-state index in [1.165, 1.54) is 17.8 Å². The van der Waals surface area contributed by atoms with Crippen molar-refractivity contribution in [1.29, 1.82) is 0 Å². The molecule has 0 spiro atoms. The zero-order valence-electron chi connectivity index (χ0n) is 11.0. The highest BCUT2D eigenvalue weighted by molar-refractivity contribution is 7.14. The van der Waals surface area contributed by atoms with Crippen molar-refractivity contribution >= 4 is 17.3 Å². The molecule has 0 radical (unpaired) electrons. The van der Waals surface area contributed by atoms with Gasteiger partial charge in [0.1, 0.15) is 4.88 Å². The number of carbonyl (C=O) groups is 1. The summed E-state index contributed by atoms with van der Waals surface area (Å²) in [5.41, 5.74) is 1.14. The Labute approximate surface area is 107 Å². The second kappa shape index (κ2) is 6.17. The highest BCUT2D eigenvalue weighted by atomic mass is 32.1. The fourth-order valence-corrected chi connectivity index (χ4v) is 2.67. The molecule has 4 heteroatoms. The van der Waals surface area contributed by atoms with Gasteiger partial charge in [0.2, 0.25) is 0 Å². The zero-order chi connectivity index (χ0) is 13.0. The molecule has 0 aromatic carbocycles. The lowest BCUT2D eigenvalue weighted by molar-refractivity contribution is 0.0702. The average Bonchev–Trinajstić information content (AvgIpc) is 2.60. The number of nitrogens with zero attached hydrogens (tertiary/aromatic N) is 1. The predicted octanol–water partition coefficient (Wildman–Crippen LogP) is 3.23. The molecule has 17 heavy (non-hydrogen) atoms. The summed E-state index contributed by atoms with van der Waals surface area (Å²) in [6.07, 6.45) is 1.17. The second-order valence-electron chi connectivity index (χ2n) is 4.71. The smallest absolute Gasteiger partial charge is 0.345 e. The van der Waals surface area contributed by atoms with Crippen LogP contribution < -0.4 is 0 Å². The monoisotopic (exact) mass is 255 g/mol. The fourth-order valence-electron chi connectivity index (χ4n) is 1.80. The van der Waals surface area contributed by atoms with Crippen molar-refractivity contribution < 1.29 is 9.90 Å². The Hall–Kier alpha value is -0.870. The van der Waals surface area contributed by atoms with Crippen LogP contribution in [0.15, 0.2) is 6.07 Å². The standard InChI is InChI=1S/C13H21NO2S/c1-5-9(2)7-14(4)8-11-6-12(13(15)16)17-10(11)3/h6,9H,5,7-8H2,1-4H3,(H,15,16). The Bertz CT molecular complexity index is 387. The number of thiophene rings is 1. The molecule has 0 aliphatic rings. The van der Waals surface area contributed by atoms with Gasteiger partial charge in [0.25, 0.3) is 0 Å². The Morgan fingerprint density at radius 3 is 2.71 bits per heavy atom. The highest BCUT2D eigenvalue weighted by Gasteiger charge is 2.13. The molecule has 0 saturated carbocycles. The highest BCUT2D eigenvalue weighted by Crippen LogP contribution is 2.23. The quantitative estimate of drug-likeness (QED) is 0.848. The maximum absolute atomic E-state index is 10.9. The molecule has 0 fully saturated rings. The predicted molar refractivity (Wildman–Crippen MR) is 71.8 cm³/mol. The Kier molecular flexibility index (Phi) is 5.15. The third-order valence-corrected chi connectivity index (χ3v) is 4.07. The van der Waals surface area contributed by atoms with E-state index in [9.17, 15) is 4.79 Å². The summed E-state index contributed by atoms with van der Waals surface area (Å²) in [6, 6.07) is 1.80. The normalized spacial score (nSPS) is 13.0. The lowest BCUT2D eigenvalue weighted by Gasteiger charge is -2.20. The summed E-state index contributed by atoms with van der Waals surface area (Å²) in [4.78, 5) is 14.7. The molecule has 0 bridgehead atoms. The first kappa shape index (κ1) is 14.2. The molecule has 3 nitrogen and oxygen atoms in total. The topological polar surface area (TPSA) is 40.5 Å². The molecule has 1 unspecified atom stereocenters. The number of carboxylic acids is 1. The van der Waals surface area contributed by atoms with E-state index >= 15 is 0 Å². The molecular weight excluding hydrogens is 234 g/mol. The summed E-state index contributed by atoms with van der Waals surface area (Å²) in [7, 11) is 2.09. The molecule has 96 valence electrons. The minimum absolute atomic E-state index is 0.439. The maximum Gasteiger partial charge on any atom is 0.345 e. The first-order valence-electron chi connectivity index (χ1n) is 5.95. The van der Waals surface area contributed by atoms with E-state index in [-0.39, 0.29) is 0 Å². The second-order valence-corrected chi connectivity index (χ2v) is 5.96. The summed E-state index contributed by atoms with van der Waals surface area (Å²) < 4.78 is 0. The van der Waals surface area contributed by atoms with Gasteiger partial charge in [-0.1, -0.05) is 20.3 Å².